The third-order valence-electron chi connectivity index (χ3n) is 4.50. The summed E-state index contributed by atoms with van der Waals surface area (Å²) in [5.41, 5.74) is 5.41. The van der Waals surface area contributed by atoms with E-state index in [4.69, 9.17) is 0 Å². The Morgan fingerprint density at radius 1 is 0.600 bits per heavy atom. The predicted octanol–water partition coefficient (Wildman–Crippen LogP) is 8.33. The van der Waals surface area contributed by atoms with Crippen LogP contribution in [0.3, 0.4) is 0 Å². The molecule has 0 heterocycles. The maximum Gasteiger partial charge on any atom is 0 e. The molecule has 2 radical (unpaired) electrons. The smallest absolute Gasteiger partial charge is 0 e. The molecule has 0 aliphatic rings. The molecule has 0 nitrogen and oxygen atoms in total. The van der Waals surface area contributed by atoms with Crippen molar-refractivity contribution in [1.29, 1.82) is 0 Å². The van der Waals surface area contributed by atoms with Crippen LogP contribution in [-0.4, -0.2) is 0 Å². The fourth-order valence-corrected chi connectivity index (χ4v) is 2.48. The van der Waals surface area contributed by atoms with Gasteiger partial charge in [-0.2, -0.15) is 71.8 Å². The minimum atomic E-state index is 0. The Balaban J connectivity index is 0. The fourth-order valence-electron chi connectivity index (χ4n) is 2.48. The molecule has 3 rings (SSSR count). The molecule has 0 N–H and O–H groups in total. The number of hydrogen-bond acceptors (Lipinski definition) is 0. The first kappa shape index (κ1) is 32.0. The van der Waals surface area contributed by atoms with E-state index in [0.717, 1.165) is 0 Å². The van der Waals surface area contributed by atoms with E-state index >= 15 is 0 Å². The van der Waals surface area contributed by atoms with Crippen molar-refractivity contribution in [3.05, 3.63) is 107 Å². The van der Waals surface area contributed by atoms with Crippen LogP contribution in [0.25, 0.3) is 0 Å². The molecule has 2 heteroatoms. The van der Waals surface area contributed by atoms with E-state index in [9.17, 15) is 0 Å². The van der Waals surface area contributed by atoms with Crippen LogP contribution in [0.15, 0.2) is 72.8 Å². The van der Waals surface area contributed by atoms with Crippen LogP contribution < -0.4 is 0 Å². The van der Waals surface area contributed by atoms with E-state index in [1.807, 2.05) is 36.4 Å². The van der Waals surface area contributed by atoms with E-state index in [1.165, 1.54) is 22.3 Å². The van der Waals surface area contributed by atoms with Gasteiger partial charge < -0.3 is 0 Å². The van der Waals surface area contributed by atoms with Crippen molar-refractivity contribution in [1.82, 2.24) is 0 Å². The maximum atomic E-state index is 3.17. The average molecular weight is 550 g/mol. The Morgan fingerprint density at radius 3 is 1.53 bits per heavy atom. The van der Waals surface area contributed by atoms with Crippen LogP contribution in [0.4, 0.5) is 0 Å². The van der Waals surface area contributed by atoms with Crippen molar-refractivity contribution < 1.29 is 65.4 Å². The minimum Gasteiger partial charge on any atom is -0.184 e. The fraction of sp³-hybridized carbons (Fsp3) is 0.357. The van der Waals surface area contributed by atoms with E-state index < -0.39 is 0 Å². The van der Waals surface area contributed by atoms with Crippen LogP contribution in [0.1, 0.15) is 81.5 Å². The van der Waals surface area contributed by atoms with Gasteiger partial charge in [0.1, 0.15) is 0 Å². The Kier molecular flexibility index (Phi) is 19.7. The van der Waals surface area contributed by atoms with Gasteiger partial charge in [0.05, 0.1) is 0 Å². The topological polar surface area (TPSA) is 0 Å². The zero-order chi connectivity index (χ0) is 20.9. The molecule has 0 spiro atoms. The third-order valence-corrected chi connectivity index (χ3v) is 4.50. The van der Waals surface area contributed by atoms with Gasteiger partial charge in [-0.3, -0.25) is 0 Å². The first-order valence-electron chi connectivity index (χ1n) is 10.3. The number of rotatable bonds is 3. The van der Waals surface area contributed by atoms with Gasteiger partial charge in [0.15, 0.2) is 0 Å². The van der Waals surface area contributed by atoms with Crippen molar-refractivity contribution in [3.63, 3.8) is 0 Å². The minimum absolute atomic E-state index is 0. The van der Waals surface area contributed by atoms with Crippen LogP contribution in [0.2, 0.25) is 0 Å². The summed E-state index contributed by atoms with van der Waals surface area (Å²) >= 11 is 0. The Morgan fingerprint density at radius 2 is 1.20 bits per heavy atom. The molecule has 0 fully saturated rings. The van der Waals surface area contributed by atoms with E-state index in [2.05, 4.69) is 97.0 Å². The quantitative estimate of drug-likeness (QED) is 0.288. The van der Waals surface area contributed by atoms with Crippen molar-refractivity contribution in [3.8, 4) is 0 Å². The van der Waals surface area contributed by atoms with Gasteiger partial charge in [-0.25, -0.2) is 0 Å². The Bertz CT molecular complexity index is 702. The predicted molar refractivity (Wildman–Crippen MR) is 124 cm³/mol. The van der Waals surface area contributed by atoms with Gasteiger partial charge in [0, 0.05) is 65.4 Å². The molecule has 156 valence electrons. The summed E-state index contributed by atoms with van der Waals surface area (Å²) in [6, 6.07) is 31.1. The van der Waals surface area contributed by atoms with Crippen molar-refractivity contribution in [2.24, 2.45) is 0 Å². The van der Waals surface area contributed by atoms with E-state index in [-0.39, 0.29) is 65.4 Å². The molecule has 0 amide bonds. The summed E-state index contributed by atoms with van der Waals surface area (Å²) < 4.78 is 0. The molecule has 3 aromatic carbocycles. The normalized spacial score (nSPS) is 9.53. The van der Waals surface area contributed by atoms with Gasteiger partial charge >= 0.3 is 0 Å². The van der Waals surface area contributed by atoms with Crippen LogP contribution >= 0.6 is 0 Å². The molecule has 0 aliphatic heterocycles. The maximum absolute atomic E-state index is 3.17. The molecule has 0 unspecified atom stereocenters. The second-order valence-corrected chi connectivity index (χ2v) is 8.03. The van der Waals surface area contributed by atoms with Gasteiger partial charge in [0.2, 0.25) is 0 Å². The number of aryl methyl sites for hydroxylation is 1. The summed E-state index contributed by atoms with van der Waals surface area (Å²) in [6.45, 7) is 15.3. The van der Waals surface area contributed by atoms with Gasteiger partial charge in [-0.05, 0) is 24.3 Å². The van der Waals surface area contributed by atoms with Crippen LogP contribution in [-0.2, 0) is 65.4 Å². The molecular formula is C28H36Y2-2. The second kappa shape index (κ2) is 18.4. The van der Waals surface area contributed by atoms with Gasteiger partial charge in [-0.15, -0.1) is 0 Å². The van der Waals surface area contributed by atoms with Crippen molar-refractivity contribution in [2.75, 3.05) is 0 Å². The third kappa shape index (κ3) is 14.0. The summed E-state index contributed by atoms with van der Waals surface area (Å²) in [5.74, 6) is 1.88. The molecule has 3 aromatic rings. The molecule has 0 aromatic heterocycles. The standard InChI is InChI=1S/C10H14.2C9H11.2Y/c1-8(2)10-6-4-9(3)5-7-10;2*1-8(2)9-6-4-3-5-7-9;;/h4-8H,1-3H3;3-4,6-8H,1-2H3;3-6,8H,1-2H3;;/q;2*-1;;. The molecular weight excluding hydrogens is 514 g/mol. The first-order valence-corrected chi connectivity index (χ1v) is 10.3. The number of benzene rings is 3. The molecule has 0 bridgehead atoms. The van der Waals surface area contributed by atoms with Gasteiger partial charge in [-0.1, -0.05) is 77.3 Å². The SMILES string of the molecule is CC(C)c1[c-]cccc1.CC(C)c1c[c-]ccc1.Cc1ccc(C(C)C)cc1.[Y].[Y]. The summed E-state index contributed by atoms with van der Waals surface area (Å²) in [4.78, 5) is 0. The molecule has 0 atom stereocenters. The molecule has 30 heavy (non-hydrogen) atoms. The van der Waals surface area contributed by atoms with E-state index in [0.29, 0.717) is 17.8 Å². The van der Waals surface area contributed by atoms with Crippen LogP contribution in [0.5, 0.6) is 0 Å². The van der Waals surface area contributed by atoms with Crippen LogP contribution in [0, 0.1) is 19.1 Å². The summed E-state index contributed by atoms with van der Waals surface area (Å²) in [5, 5.41) is 0. The first-order chi connectivity index (χ1) is 13.3. The molecule has 0 aliphatic carbocycles. The molecule has 0 saturated carbocycles. The Labute approximate surface area is 236 Å². The zero-order valence-electron chi connectivity index (χ0n) is 19.8. The van der Waals surface area contributed by atoms with Crippen molar-refractivity contribution >= 4 is 0 Å². The zero-order valence-corrected chi connectivity index (χ0v) is 25.5. The summed E-state index contributed by atoms with van der Waals surface area (Å²) in [7, 11) is 0. The summed E-state index contributed by atoms with van der Waals surface area (Å²) in [6.07, 6.45) is 0. The largest absolute Gasteiger partial charge is 0.184 e. The molecule has 0 saturated heterocycles. The Hall–Kier alpha value is -0.132. The van der Waals surface area contributed by atoms with Crippen molar-refractivity contribution in [2.45, 2.75) is 66.2 Å². The van der Waals surface area contributed by atoms with Gasteiger partial charge in [0.25, 0.3) is 0 Å². The monoisotopic (exact) mass is 550 g/mol. The number of hydrogen-bond donors (Lipinski definition) is 0. The van der Waals surface area contributed by atoms with E-state index in [1.54, 1.807) is 0 Å². The second-order valence-electron chi connectivity index (χ2n) is 8.03. The average Bonchev–Trinajstić information content (AvgIpc) is 2.70.